The number of nitrogens with two attached hydrogens (primary N) is 1. The maximum Gasteiger partial charge on any atom is 0.100 e. The highest BCUT2D eigenvalue weighted by Gasteiger charge is 2.08. The smallest absolute Gasteiger partial charge is 0.100 e. The van der Waals surface area contributed by atoms with Gasteiger partial charge in [0.05, 0.1) is 5.52 Å². The van der Waals surface area contributed by atoms with Crippen LogP contribution in [-0.4, -0.2) is 15.2 Å². The van der Waals surface area contributed by atoms with Gasteiger partial charge in [-0.25, -0.2) is 0 Å². The molecular weight excluding hydrogens is 212 g/mol. The first-order chi connectivity index (χ1) is 8.24. The minimum atomic E-state index is 0.742. The molecule has 0 aliphatic heterocycles. The van der Waals surface area contributed by atoms with Crippen molar-refractivity contribution in [1.29, 1.82) is 0 Å². The highest BCUT2D eigenvalue weighted by atomic mass is 15.1. The van der Waals surface area contributed by atoms with E-state index in [1.54, 1.807) is 6.20 Å². The van der Waals surface area contributed by atoms with Crippen LogP contribution in [0, 0.1) is 6.92 Å². The third kappa shape index (κ3) is 1.63. The number of nitrogens with zero attached hydrogens (tertiary/aromatic N) is 2. The molecule has 17 heavy (non-hydrogen) atoms. The molecule has 2 heterocycles. The van der Waals surface area contributed by atoms with Gasteiger partial charge in [-0.1, -0.05) is 0 Å². The molecule has 4 nitrogen and oxygen atoms in total. The lowest BCUT2D eigenvalue weighted by atomic mass is 10.1. The molecule has 3 N–H and O–H groups in total. The molecule has 0 saturated heterocycles. The fraction of sp³-hybridized carbons (Fsp3) is 0.0769. The maximum absolute atomic E-state index is 5.81. The first-order valence-corrected chi connectivity index (χ1v) is 5.41. The third-order valence-electron chi connectivity index (χ3n) is 2.76. The number of nitrogen functional groups attached to an aromatic ring is 1. The number of H-pyrrole nitrogens is 1. The number of aryl methyl sites for hydroxylation is 1. The van der Waals surface area contributed by atoms with Crippen LogP contribution in [0.25, 0.3) is 22.2 Å². The maximum atomic E-state index is 5.81. The van der Waals surface area contributed by atoms with Gasteiger partial charge in [0.1, 0.15) is 5.69 Å². The van der Waals surface area contributed by atoms with Crippen molar-refractivity contribution >= 4 is 16.6 Å². The first-order valence-electron chi connectivity index (χ1n) is 5.41. The van der Waals surface area contributed by atoms with Gasteiger partial charge in [-0.05, 0) is 37.3 Å². The zero-order valence-electron chi connectivity index (χ0n) is 9.44. The van der Waals surface area contributed by atoms with Gasteiger partial charge in [0.15, 0.2) is 0 Å². The van der Waals surface area contributed by atoms with Gasteiger partial charge in [0.2, 0.25) is 0 Å². The first kappa shape index (κ1) is 9.84. The van der Waals surface area contributed by atoms with Crippen LogP contribution >= 0.6 is 0 Å². The Balaban J connectivity index is 2.27. The van der Waals surface area contributed by atoms with Crippen LogP contribution < -0.4 is 5.73 Å². The van der Waals surface area contributed by atoms with Gasteiger partial charge in [0, 0.05) is 28.5 Å². The largest absolute Gasteiger partial charge is 0.399 e. The van der Waals surface area contributed by atoms with E-state index in [1.165, 1.54) is 0 Å². The SMILES string of the molecule is Cc1cc(-c2n[nH]c3ccc(N)cc23)ccn1. The van der Waals surface area contributed by atoms with E-state index in [2.05, 4.69) is 15.2 Å². The summed E-state index contributed by atoms with van der Waals surface area (Å²) < 4.78 is 0. The van der Waals surface area contributed by atoms with Gasteiger partial charge in [-0.15, -0.1) is 0 Å². The fourth-order valence-electron chi connectivity index (χ4n) is 1.94. The van der Waals surface area contributed by atoms with Crippen molar-refractivity contribution in [2.45, 2.75) is 6.92 Å². The van der Waals surface area contributed by atoms with Crippen LogP contribution in [0.5, 0.6) is 0 Å². The predicted molar refractivity (Wildman–Crippen MR) is 68.5 cm³/mol. The second kappa shape index (κ2) is 3.59. The molecule has 0 fully saturated rings. The Hall–Kier alpha value is -2.36. The average molecular weight is 224 g/mol. The summed E-state index contributed by atoms with van der Waals surface area (Å²) in [5.74, 6) is 0. The van der Waals surface area contributed by atoms with E-state index in [-0.39, 0.29) is 0 Å². The summed E-state index contributed by atoms with van der Waals surface area (Å²) in [5.41, 5.74) is 10.5. The molecule has 0 aliphatic carbocycles. The molecular formula is C13H12N4. The molecule has 3 aromatic rings. The van der Waals surface area contributed by atoms with Crippen molar-refractivity contribution in [2.75, 3.05) is 5.73 Å². The quantitative estimate of drug-likeness (QED) is 0.624. The van der Waals surface area contributed by atoms with Gasteiger partial charge < -0.3 is 5.73 Å². The molecule has 4 heteroatoms. The predicted octanol–water partition coefficient (Wildman–Crippen LogP) is 2.52. The van der Waals surface area contributed by atoms with Crippen molar-refractivity contribution in [3.05, 3.63) is 42.2 Å². The Kier molecular flexibility index (Phi) is 2.08. The third-order valence-corrected chi connectivity index (χ3v) is 2.76. The molecule has 0 radical (unpaired) electrons. The molecule has 0 unspecified atom stereocenters. The molecule has 0 aliphatic rings. The Morgan fingerprint density at radius 2 is 2.06 bits per heavy atom. The lowest BCUT2D eigenvalue weighted by molar-refractivity contribution is 1.12. The summed E-state index contributed by atoms with van der Waals surface area (Å²) in [4.78, 5) is 4.18. The number of aromatic nitrogens is 3. The van der Waals surface area contributed by atoms with Gasteiger partial charge in [-0.3, -0.25) is 10.1 Å². The lowest BCUT2D eigenvalue weighted by Crippen LogP contribution is -1.85. The fourth-order valence-corrected chi connectivity index (χ4v) is 1.94. The molecule has 2 aromatic heterocycles. The Morgan fingerprint density at radius 1 is 1.18 bits per heavy atom. The highest BCUT2D eigenvalue weighted by Crippen LogP contribution is 2.27. The van der Waals surface area contributed by atoms with E-state index in [9.17, 15) is 0 Å². The topological polar surface area (TPSA) is 67.6 Å². The number of rotatable bonds is 1. The van der Waals surface area contributed by atoms with E-state index in [1.807, 2.05) is 37.3 Å². The minimum absolute atomic E-state index is 0.742. The van der Waals surface area contributed by atoms with Crippen LogP contribution in [0.2, 0.25) is 0 Å². The second-order valence-electron chi connectivity index (χ2n) is 4.06. The number of hydrogen-bond donors (Lipinski definition) is 2. The Morgan fingerprint density at radius 3 is 2.88 bits per heavy atom. The van der Waals surface area contributed by atoms with Gasteiger partial charge in [0.25, 0.3) is 0 Å². The number of hydrogen-bond acceptors (Lipinski definition) is 3. The summed E-state index contributed by atoms with van der Waals surface area (Å²) in [7, 11) is 0. The van der Waals surface area contributed by atoms with E-state index in [0.29, 0.717) is 0 Å². The van der Waals surface area contributed by atoms with Crippen molar-refractivity contribution in [3.8, 4) is 11.3 Å². The van der Waals surface area contributed by atoms with Crippen molar-refractivity contribution in [2.24, 2.45) is 0 Å². The summed E-state index contributed by atoms with van der Waals surface area (Å²) >= 11 is 0. The zero-order chi connectivity index (χ0) is 11.8. The zero-order valence-corrected chi connectivity index (χ0v) is 9.44. The minimum Gasteiger partial charge on any atom is -0.399 e. The molecule has 0 spiro atoms. The lowest BCUT2D eigenvalue weighted by Gasteiger charge is -1.99. The van der Waals surface area contributed by atoms with Crippen LogP contribution in [0.4, 0.5) is 5.69 Å². The molecule has 0 bridgehead atoms. The monoisotopic (exact) mass is 224 g/mol. The van der Waals surface area contributed by atoms with Crippen LogP contribution in [0.1, 0.15) is 5.69 Å². The summed E-state index contributed by atoms with van der Waals surface area (Å²) in [6.07, 6.45) is 1.79. The number of benzene rings is 1. The summed E-state index contributed by atoms with van der Waals surface area (Å²) in [6, 6.07) is 9.70. The number of aromatic amines is 1. The molecule has 1 aromatic carbocycles. The molecule has 0 saturated carbocycles. The summed E-state index contributed by atoms with van der Waals surface area (Å²) in [5, 5.41) is 8.38. The van der Waals surface area contributed by atoms with Crippen LogP contribution in [0.15, 0.2) is 36.5 Å². The van der Waals surface area contributed by atoms with E-state index < -0.39 is 0 Å². The molecule has 84 valence electrons. The van der Waals surface area contributed by atoms with E-state index >= 15 is 0 Å². The molecule has 0 atom stereocenters. The number of nitrogens with one attached hydrogen (secondary N) is 1. The standard InChI is InChI=1S/C13H12N4/c1-8-6-9(4-5-15-8)13-11-7-10(14)2-3-12(11)16-17-13/h2-7H,14H2,1H3,(H,16,17). The normalized spacial score (nSPS) is 10.9. The molecule has 0 amide bonds. The Bertz CT molecular complexity index is 685. The van der Waals surface area contributed by atoms with E-state index in [4.69, 9.17) is 5.73 Å². The highest BCUT2D eigenvalue weighted by molar-refractivity contribution is 5.94. The average Bonchev–Trinajstić information content (AvgIpc) is 2.71. The van der Waals surface area contributed by atoms with Crippen LogP contribution in [0.3, 0.4) is 0 Å². The number of fused-ring (bicyclic) bond motifs is 1. The van der Waals surface area contributed by atoms with E-state index in [0.717, 1.165) is 33.5 Å². The number of anilines is 1. The molecule has 3 rings (SSSR count). The van der Waals surface area contributed by atoms with Gasteiger partial charge >= 0.3 is 0 Å². The van der Waals surface area contributed by atoms with Crippen molar-refractivity contribution < 1.29 is 0 Å². The van der Waals surface area contributed by atoms with Crippen LogP contribution in [-0.2, 0) is 0 Å². The van der Waals surface area contributed by atoms with Gasteiger partial charge in [-0.2, -0.15) is 5.10 Å². The summed E-state index contributed by atoms with van der Waals surface area (Å²) in [6.45, 7) is 1.96. The number of pyridine rings is 1. The van der Waals surface area contributed by atoms with Crippen molar-refractivity contribution in [3.63, 3.8) is 0 Å². The van der Waals surface area contributed by atoms with Crippen molar-refractivity contribution in [1.82, 2.24) is 15.2 Å². The second-order valence-corrected chi connectivity index (χ2v) is 4.06. The Labute approximate surface area is 98.5 Å².